The maximum Gasteiger partial charge on any atom is 0.416 e. The van der Waals surface area contributed by atoms with Gasteiger partial charge in [0.15, 0.2) is 0 Å². The molecule has 21 heavy (non-hydrogen) atoms. The second-order valence-electron chi connectivity index (χ2n) is 4.63. The lowest BCUT2D eigenvalue weighted by atomic mass is 10.0. The van der Waals surface area contributed by atoms with Gasteiger partial charge in [-0.1, -0.05) is 42.5 Å². The van der Waals surface area contributed by atoms with Crippen molar-refractivity contribution in [3.05, 3.63) is 71.6 Å². The van der Waals surface area contributed by atoms with E-state index in [9.17, 15) is 13.2 Å². The Morgan fingerprint density at radius 2 is 1.19 bits per heavy atom. The van der Waals surface area contributed by atoms with Crippen LogP contribution in [0.15, 0.2) is 66.0 Å². The van der Waals surface area contributed by atoms with Crippen molar-refractivity contribution in [1.82, 2.24) is 0 Å². The van der Waals surface area contributed by atoms with Crippen LogP contribution in [0.2, 0.25) is 0 Å². The van der Waals surface area contributed by atoms with Gasteiger partial charge in [-0.3, -0.25) is 0 Å². The van der Waals surface area contributed by atoms with E-state index in [1.54, 1.807) is 11.3 Å². The molecule has 0 nitrogen and oxygen atoms in total. The summed E-state index contributed by atoms with van der Waals surface area (Å²) in [6.45, 7) is 0. The lowest BCUT2D eigenvalue weighted by molar-refractivity contribution is -0.137. The summed E-state index contributed by atoms with van der Waals surface area (Å²) in [5, 5.41) is 2.01. The average Bonchev–Trinajstić information content (AvgIpc) is 3.01. The van der Waals surface area contributed by atoms with Crippen LogP contribution >= 0.6 is 11.3 Å². The molecule has 0 unspecified atom stereocenters. The molecule has 3 aromatic rings. The molecule has 0 radical (unpaired) electrons. The molecule has 106 valence electrons. The molecule has 0 saturated carbocycles. The van der Waals surface area contributed by atoms with Crippen LogP contribution < -0.4 is 0 Å². The highest BCUT2D eigenvalue weighted by Crippen LogP contribution is 2.32. The van der Waals surface area contributed by atoms with Crippen LogP contribution in [0.5, 0.6) is 0 Å². The number of hydrogen-bond donors (Lipinski definition) is 0. The van der Waals surface area contributed by atoms with Crippen LogP contribution in [-0.2, 0) is 6.18 Å². The molecule has 4 heteroatoms. The van der Waals surface area contributed by atoms with Gasteiger partial charge in [0, 0.05) is 4.88 Å². The Hall–Kier alpha value is -2.07. The van der Waals surface area contributed by atoms with E-state index in [4.69, 9.17) is 0 Å². The van der Waals surface area contributed by atoms with Crippen molar-refractivity contribution in [2.24, 2.45) is 0 Å². The summed E-state index contributed by atoms with van der Waals surface area (Å²) in [6, 6.07) is 17.1. The summed E-state index contributed by atoms with van der Waals surface area (Å²) in [7, 11) is 0. The van der Waals surface area contributed by atoms with E-state index in [1.807, 2.05) is 41.8 Å². The lowest BCUT2D eigenvalue weighted by Crippen LogP contribution is -2.03. The van der Waals surface area contributed by atoms with Gasteiger partial charge in [-0.25, -0.2) is 0 Å². The van der Waals surface area contributed by atoms with E-state index in [2.05, 4.69) is 0 Å². The van der Waals surface area contributed by atoms with Gasteiger partial charge in [0.1, 0.15) is 0 Å². The number of benzene rings is 2. The molecular formula is C17H11F3S. The molecule has 0 aliphatic carbocycles. The van der Waals surface area contributed by atoms with Crippen LogP contribution in [0, 0.1) is 0 Å². The summed E-state index contributed by atoms with van der Waals surface area (Å²) >= 11 is 1.66. The standard InChI is InChI=1S/C17H11F3S/c18-17(19,20)15-9-7-13(8-10-15)12-3-5-14(6-4-12)16-2-1-11-21-16/h1-11H. The van der Waals surface area contributed by atoms with Crippen LogP contribution in [-0.4, -0.2) is 0 Å². The highest BCUT2D eigenvalue weighted by atomic mass is 32.1. The van der Waals surface area contributed by atoms with Gasteiger partial charge in [0.2, 0.25) is 0 Å². The summed E-state index contributed by atoms with van der Waals surface area (Å²) in [6.07, 6.45) is -4.29. The third kappa shape index (κ3) is 3.00. The van der Waals surface area contributed by atoms with Crippen LogP contribution in [0.1, 0.15) is 5.56 Å². The van der Waals surface area contributed by atoms with Crippen LogP contribution in [0.3, 0.4) is 0 Å². The van der Waals surface area contributed by atoms with E-state index in [-0.39, 0.29) is 0 Å². The second-order valence-corrected chi connectivity index (χ2v) is 5.58. The molecule has 1 aromatic heterocycles. The fraction of sp³-hybridized carbons (Fsp3) is 0.0588. The minimum atomic E-state index is -4.29. The smallest absolute Gasteiger partial charge is 0.166 e. The zero-order valence-electron chi connectivity index (χ0n) is 10.9. The summed E-state index contributed by atoms with van der Waals surface area (Å²) < 4.78 is 37.6. The number of alkyl halides is 3. The number of thiophene rings is 1. The van der Waals surface area contributed by atoms with Gasteiger partial charge in [-0.15, -0.1) is 11.3 Å². The Bertz CT molecular complexity index is 708. The molecule has 0 saturated heterocycles. The third-order valence-corrected chi connectivity index (χ3v) is 4.16. The molecule has 0 spiro atoms. The molecule has 0 N–H and O–H groups in total. The Kier molecular flexibility index (Phi) is 3.55. The van der Waals surface area contributed by atoms with Gasteiger partial charge in [-0.05, 0) is 40.3 Å². The maximum absolute atomic E-state index is 12.5. The molecule has 0 fully saturated rings. The quantitative estimate of drug-likeness (QED) is 0.536. The van der Waals surface area contributed by atoms with Crippen molar-refractivity contribution < 1.29 is 13.2 Å². The fourth-order valence-corrected chi connectivity index (χ4v) is 2.85. The average molecular weight is 304 g/mol. The van der Waals surface area contributed by atoms with Crippen molar-refractivity contribution in [1.29, 1.82) is 0 Å². The van der Waals surface area contributed by atoms with E-state index in [0.29, 0.717) is 0 Å². The summed E-state index contributed by atoms with van der Waals surface area (Å²) in [5.41, 5.74) is 2.17. The van der Waals surface area contributed by atoms with Gasteiger partial charge >= 0.3 is 6.18 Å². The van der Waals surface area contributed by atoms with Gasteiger partial charge < -0.3 is 0 Å². The number of hydrogen-bond acceptors (Lipinski definition) is 1. The SMILES string of the molecule is FC(F)(F)c1ccc(-c2ccc(-c3cccs3)cc2)cc1. The molecule has 0 aliphatic rings. The molecule has 0 bridgehead atoms. The highest BCUT2D eigenvalue weighted by Gasteiger charge is 2.29. The van der Waals surface area contributed by atoms with Gasteiger partial charge in [0.25, 0.3) is 0 Å². The molecule has 2 aromatic carbocycles. The van der Waals surface area contributed by atoms with E-state index >= 15 is 0 Å². The predicted molar refractivity (Wildman–Crippen MR) is 80.2 cm³/mol. The molecular weight excluding hydrogens is 293 g/mol. The second kappa shape index (κ2) is 5.37. The number of halogens is 3. The minimum Gasteiger partial charge on any atom is -0.166 e. The Balaban J connectivity index is 1.87. The molecule has 0 atom stereocenters. The van der Waals surface area contributed by atoms with Crippen molar-refractivity contribution in [2.45, 2.75) is 6.18 Å². The van der Waals surface area contributed by atoms with E-state index in [0.717, 1.165) is 28.8 Å². The first-order valence-corrected chi connectivity index (χ1v) is 7.23. The van der Waals surface area contributed by atoms with E-state index in [1.165, 1.54) is 17.0 Å². The number of rotatable bonds is 2. The van der Waals surface area contributed by atoms with Crippen molar-refractivity contribution in [3.8, 4) is 21.6 Å². The molecule has 1 heterocycles. The Morgan fingerprint density at radius 3 is 1.67 bits per heavy atom. The largest absolute Gasteiger partial charge is 0.416 e. The zero-order valence-corrected chi connectivity index (χ0v) is 11.7. The molecule has 0 amide bonds. The molecule has 3 rings (SSSR count). The fourth-order valence-electron chi connectivity index (χ4n) is 2.12. The van der Waals surface area contributed by atoms with Gasteiger partial charge in [-0.2, -0.15) is 13.2 Å². The summed E-state index contributed by atoms with van der Waals surface area (Å²) in [5.74, 6) is 0. The van der Waals surface area contributed by atoms with Crippen LogP contribution in [0.25, 0.3) is 21.6 Å². The van der Waals surface area contributed by atoms with Crippen molar-refractivity contribution >= 4 is 11.3 Å². The molecule has 0 aliphatic heterocycles. The highest BCUT2D eigenvalue weighted by molar-refractivity contribution is 7.13. The van der Waals surface area contributed by atoms with E-state index < -0.39 is 11.7 Å². The van der Waals surface area contributed by atoms with Crippen molar-refractivity contribution in [3.63, 3.8) is 0 Å². The van der Waals surface area contributed by atoms with Crippen LogP contribution in [0.4, 0.5) is 13.2 Å². The van der Waals surface area contributed by atoms with Gasteiger partial charge in [0.05, 0.1) is 5.56 Å². The normalized spacial score (nSPS) is 11.6. The minimum absolute atomic E-state index is 0.624. The Morgan fingerprint density at radius 1 is 0.667 bits per heavy atom. The summed E-state index contributed by atoms with van der Waals surface area (Å²) in [4.78, 5) is 1.17. The lowest BCUT2D eigenvalue weighted by Gasteiger charge is -2.08. The van der Waals surface area contributed by atoms with Crippen molar-refractivity contribution in [2.75, 3.05) is 0 Å². The predicted octanol–water partition coefficient (Wildman–Crippen LogP) is 6.10. The Labute approximate surface area is 124 Å². The first kappa shape index (κ1) is 13.9. The first-order chi connectivity index (χ1) is 10.0. The topological polar surface area (TPSA) is 0 Å². The maximum atomic E-state index is 12.5. The third-order valence-electron chi connectivity index (χ3n) is 3.24. The monoisotopic (exact) mass is 304 g/mol. The first-order valence-electron chi connectivity index (χ1n) is 6.35. The zero-order chi connectivity index (χ0) is 14.9.